The highest BCUT2D eigenvalue weighted by atomic mass is 32.2. The van der Waals surface area contributed by atoms with Crippen molar-refractivity contribution >= 4 is 15.8 Å². The largest absolute Gasteiger partial charge is 0.383 e. The molecule has 2 heterocycles. The molecule has 0 aliphatic carbocycles. The third-order valence-electron chi connectivity index (χ3n) is 3.27. The third kappa shape index (κ3) is 2.80. The normalized spacial score (nSPS) is 21.3. The molecule has 0 bridgehead atoms. The number of nitrogens with one attached hydrogen (secondary N) is 1. The number of rotatable bonds is 4. The molecule has 0 aromatic carbocycles. The highest BCUT2D eigenvalue weighted by Crippen LogP contribution is 2.17. The Bertz CT molecular complexity index is 518. The first-order valence-corrected chi connectivity index (χ1v) is 7.39. The lowest BCUT2D eigenvalue weighted by Crippen LogP contribution is -2.38. The number of anilines is 1. The van der Waals surface area contributed by atoms with Crippen molar-refractivity contribution in [3.8, 4) is 0 Å². The van der Waals surface area contributed by atoms with Crippen LogP contribution in [-0.4, -0.2) is 44.5 Å². The van der Waals surface area contributed by atoms with Crippen molar-refractivity contribution in [3.05, 3.63) is 18.3 Å². The first-order chi connectivity index (χ1) is 8.50. The van der Waals surface area contributed by atoms with Crippen LogP contribution in [0.4, 0.5) is 5.82 Å². The molecule has 1 aromatic heterocycles. The predicted octanol–water partition coefficient (Wildman–Crippen LogP) is 0.0363. The first-order valence-electron chi connectivity index (χ1n) is 5.91. The minimum absolute atomic E-state index is 0.0322. The first kappa shape index (κ1) is 13.3. The van der Waals surface area contributed by atoms with Gasteiger partial charge in [-0.1, -0.05) is 0 Å². The van der Waals surface area contributed by atoms with Crippen molar-refractivity contribution in [1.29, 1.82) is 0 Å². The lowest BCUT2D eigenvalue weighted by molar-refractivity contribution is 0.311. The molecule has 1 atom stereocenters. The van der Waals surface area contributed by atoms with E-state index in [4.69, 9.17) is 5.73 Å². The lowest BCUT2D eigenvalue weighted by atomic mass is 10.2. The number of likely N-dealkylation sites (N-methyl/N-ethyl adjacent to an activating group) is 1. The summed E-state index contributed by atoms with van der Waals surface area (Å²) in [6, 6.07) is 3.29. The van der Waals surface area contributed by atoms with E-state index in [1.165, 1.54) is 12.3 Å². The minimum Gasteiger partial charge on any atom is -0.383 e. The molecule has 7 heteroatoms. The molecule has 1 unspecified atom stereocenters. The Hall–Kier alpha value is -1.18. The summed E-state index contributed by atoms with van der Waals surface area (Å²) >= 11 is 0. The van der Waals surface area contributed by atoms with Gasteiger partial charge in [-0.3, -0.25) is 0 Å². The topological polar surface area (TPSA) is 88.3 Å². The van der Waals surface area contributed by atoms with E-state index in [0.29, 0.717) is 6.54 Å². The van der Waals surface area contributed by atoms with Gasteiger partial charge in [-0.15, -0.1) is 0 Å². The lowest BCUT2D eigenvalue weighted by Gasteiger charge is -2.19. The molecule has 0 spiro atoms. The van der Waals surface area contributed by atoms with E-state index in [1.54, 1.807) is 6.07 Å². The van der Waals surface area contributed by atoms with Crippen molar-refractivity contribution in [3.63, 3.8) is 0 Å². The van der Waals surface area contributed by atoms with Crippen LogP contribution in [0.2, 0.25) is 0 Å². The van der Waals surface area contributed by atoms with Crippen LogP contribution >= 0.6 is 0 Å². The molecular weight excluding hydrogens is 252 g/mol. The Morgan fingerprint density at radius 2 is 2.39 bits per heavy atom. The third-order valence-corrected chi connectivity index (χ3v) is 4.74. The quantitative estimate of drug-likeness (QED) is 0.806. The Morgan fingerprint density at radius 3 is 3.00 bits per heavy atom. The number of nitrogens with two attached hydrogens (primary N) is 1. The maximum absolute atomic E-state index is 12.1. The Kier molecular flexibility index (Phi) is 3.84. The van der Waals surface area contributed by atoms with E-state index < -0.39 is 10.0 Å². The van der Waals surface area contributed by atoms with Gasteiger partial charge in [0, 0.05) is 18.8 Å². The summed E-state index contributed by atoms with van der Waals surface area (Å²) in [6.45, 7) is 1.43. The molecule has 6 nitrogen and oxygen atoms in total. The van der Waals surface area contributed by atoms with E-state index in [-0.39, 0.29) is 16.8 Å². The number of likely N-dealkylation sites (tertiary alicyclic amines) is 1. The molecule has 0 saturated carbocycles. The van der Waals surface area contributed by atoms with E-state index >= 15 is 0 Å². The van der Waals surface area contributed by atoms with Gasteiger partial charge in [0.2, 0.25) is 10.0 Å². The van der Waals surface area contributed by atoms with Crippen LogP contribution in [0.15, 0.2) is 23.2 Å². The monoisotopic (exact) mass is 270 g/mol. The zero-order chi connectivity index (χ0) is 13.2. The van der Waals surface area contributed by atoms with Gasteiger partial charge in [-0.25, -0.2) is 18.1 Å². The zero-order valence-electron chi connectivity index (χ0n) is 10.3. The summed E-state index contributed by atoms with van der Waals surface area (Å²) < 4.78 is 26.7. The fourth-order valence-electron chi connectivity index (χ4n) is 2.15. The number of nitrogens with zero attached hydrogens (tertiary/aromatic N) is 2. The number of pyridine rings is 1. The van der Waals surface area contributed by atoms with Crippen molar-refractivity contribution < 1.29 is 8.42 Å². The number of hydrogen-bond acceptors (Lipinski definition) is 5. The van der Waals surface area contributed by atoms with E-state index in [2.05, 4.69) is 14.6 Å². The van der Waals surface area contributed by atoms with Crippen LogP contribution in [0.1, 0.15) is 12.8 Å². The number of hydrogen-bond donors (Lipinski definition) is 2. The molecule has 1 aliphatic rings. The Balaban J connectivity index is 2.06. The fourth-order valence-corrected chi connectivity index (χ4v) is 3.30. The summed E-state index contributed by atoms with van der Waals surface area (Å²) in [6.07, 6.45) is 3.60. The molecule has 100 valence electrons. The van der Waals surface area contributed by atoms with Crippen molar-refractivity contribution in [2.75, 3.05) is 25.9 Å². The second kappa shape index (κ2) is 5.21. The summed E-state index contributed by atoms with van der Waals surface area (Å²) in [5, 5.41) is 0. The molecular formula is C11H18N4O2S. The van der Waals surface area contributed by atoms with Gasteiger partial charge in [0.1, 0.15) is 10.7 Å². The molecule has 2 rings (SSSR count). The second-order valence-corrected chi connectivity index (χ2v) is 6.25. The highest BCUT2D eigenvalue weighted by Gasteiger charge is 2.24. The fraction of sp³-hybridized carbons (Fsp3) is 0.545. The average Bonchev–Trinajstić information content (AvgIpc) is 2.73. The molecule has 1 aliphatic heterocycles. The SMILES string of the molecule is CN1CCCC1CNS(=O)(=O)c1cccnc1N. The number of sulfonamides is 1. The van der Waals surface area contributed by atoms with Crippen LogP contribution < -0.4 is 10.5 Å². The van der Waals surface area contributed by atoms with Gasteiger partial charge in [-0.2, -0.15) is 0 Å². The highest BCUT2D eigenvalue weighted by molar-refractivity contribution is 7.89. The molecule has 18 heavy (non-hydrogen) atoms. The minimum atomic E-state index is -3.57. The Morgan fingerprint density at radius 1 is 1.61 bits per heavy atom. The van der Waals surface area contributed by atoms with Gasteiger partial charge < -0.3 is 10.6 Å². The van der Waals surface area contributed by atoms with Gasteiger partial charge >= 0.3 is 0 Å². The van der Waals surface area contributed by atoms with Gasteiger partial charge in [0.05, 0.1) is 0 Å². The van der Waals surface area contributed by atoms with Crippen LogP contribution in [0.5, 0.6) is 0 Å². The molecule has 1 fully saturated rings. The van der Waals surface area contributed by atoms with Gasteiger partial charge in [-0.05, 0) is 38.6 Å². The summed E-state index contributed by atoms with van der Waals surface area (Å²) in [4.78, 5) is 6.00. The van der Waals surface area contributed by atoms with E-state index in [1.807, 2.05) is 7.05 Å². The molecule has 1 aromatic rings. The zero-order valence-corrected chi connectivity index (χ0v) is 11.2. The van der Waals surface area contributed by atoms with Crippen LogP contribution in [0.25, 0.3) is 0 Å². The number of nitrogen functional groups attached to an aromatic ring is 1. The second-order valence-electron chi connectivity index (χ2n) is 4.52. The smallest absolute Gasteiger partial charge is 0.244 e. The standard InChI is InChI=1S/C11H18N4O2S/c1-15-7-3-4-9(15)8-14-18(16,17)10-5-2-6-13-11(10)12/h2,5-6,9,14H,3-4,7-8H2,1H3,(H2,12,13). The molecule has 0 radical (unpaired) electrons. The molecule has 0 amide bonds. The Labute approximate surface area is 107 Å². The van der Waals surface area contributed by atoms with Gasteiger partial charge in [0.15, 0.2) is 0 Å². The maximum Gasteiger partial charge on any atom is 0.244 e. The summed E-state index contributed by atoms with van der Waals surface area (Å²) in [5.74, 6) is 0.0322. The van der Waals surface area contributed by atoms with Crippen LogP contribution in [0, 0.1) is 0 Å². The van der Waals surface area contributed by atoms with Crippen LogP contribution in [0.3, 0.4) is 0 Å². The van der Waals surface area contributed by atoms with Gasteiger partial charge in [0.25, 0.3) is 0 Å². The van der Waals surface area contributed by atoms with E-state index in [0.717, 1.165) is 19.4 Å². The molecule has 3 N–H and O–H groups in total. The summed E-state index contributed by atoms with van der Waals surface area (Å²) in [5.41, 5.74) is 5.58. The average molecular weight is 270 g/mol. The number of aromatic nitrogens is 1. The van der Waals surface area contributed by atoms with Crippen molar-refractivity contribution in [2.24, 2.45) is 0 Å². The van der Waals surface area contributed by atoms with Crippen molar-refractivity contribution in [1.82, 2.24) is 14.6 Å². The molecule has 1 saturated heterocycles. The van der Waals surface area contributed by atoms with Crippen LogP contribution in [-0.2, 0) is 10.0 Å². The van der Waals surface area contributed by atoms with E-state index in [9.17, 15) is 8.42 Å². The summed E-state index contributed by atoms with van der Waals surface area (Å²) in [7, 11) is -1.56. The predicted molar refractivity (Wildman–Crippen MR) is 69.5 cm³/mol. The maximum atomic E-state index is 12.1. The van der Waals surface area contributed by atoms with Crippen molar-refractivity contribution in [2.45, 2.75) is 23.8 Å².